The molecule has 3 aromatic rings. The molecule has 0 saturated carbocycles. The number of hydrogen-bond donors (Lipinski definition) is 1. The van der Waals surface area contributed by atoms with Crippen molar-refractivity contribution in [3.63, 3.8) is 0 Å². The Morgan fingerprint density at radius 1 is 1.28 bits per heavy atom. The van der Waals surface area contributed by atoms with Gasteiger partial charge in [-0.3, -0.25) is 0 Å². The first-order valence-corrected chi connectivity index (χ1v) is 8.55. The lowest BCUT2D eigenvalue weighted by molar-refractivity contribution is 0.415. The van der Waals surface area contributed by atoms with Crippen LogP contribution in [-0.4, -0.2) is 27.9 Å². The van der Waals surface area contributed by atoms with Gasteiger partial charge in [0.15, 0.2) is 5.13 Å². The van der Waals surface area contributed by atoms with Crippen LogP contribution in [0.25, 0.3) is 11.4 Å². The van der Waals surface area contributed by atoms with E-state index in [4.69, 9.17) is 4.74 Å². The molecular weight excluding hydrogens is 334 g/mol. The minimum atomic E-state index is 0.630. The second-order valence-electron chi connectivity index (χ2n) is 5.31. The van der Waals surface area contributed by atoms with E-state index in [1.54, 1.807) is 19.4 Å². The lowest BCUT2D eigenvalue weighted by Crippen LogP contribution is -1.92. The highest BCUT2D eigenvalue weighted by molar-refractivity contribution is 7.14. The van der Waals surface area contributed by atoms with Gasteiger partial charge in [-0.1, -0.05) is 12.7 Å². The standard InChI is InChI=1S/C18H19N5OS/c1-5-10-19-17-22-16(12(2)23(17)3)15-11-25-18(21-15)20-13-6-8-14(24-4)9-7-13/h5-11H,1H2,2-4H3,(H,20,21). The first-order chi connectivity index (χ1) is 12.1. The summed E-state index contributed by atoms with van der Waals surface area (Å²) in [5.41, 5.74) is 3.63. The smallest absolute Gasteiger partial charge is 0.230 e. The molecule has 6 nitrogen and oxygen atoms in total. The summed E-state index contributed by atoms with van der Waals surface area (Å²) < 4.78 is 7.10. The van der Waals surface area contributed by atoms with Crippen LogP contribution in [0.4, 0.5) is 16.8 Å². The highest BCUT2D eigenvalue weighted by atomic mass is 32.1. The molecule has 25 heavy (non-hydrogen) atoms. The van der Waals surface area contributed by atoms with E-state index in [2.05, 4.69) is 26.9 Å². The maximum Gasteiger partial charge on any atom is 0.230 e. The molecule has 0 atom stereocenters. The first-order valence-electron chi connectivity index (χ1n) is 7.67. The molecule has 3 rings (SSSR count). The van der Waals surface area contributed by atoms with Crippen molar-refractivity contribution < 1.29 is 4.74 Å². The largest absolute Gasteiger partial charge is 0.497 e. The van der Waals surface area contributed by atoms with Gasteiger partial charge in [0, 0.05) is 30.0 Å². The van der Waals surface area contributed by atoms with E-state index in [1.165, 1.54) is 11.3 Å². The third-order valence-corrected chi connectivity index (χ3v) is 4.50. The number of nitrogens with zero attached hydrogens (tertiary/aromatic N) is 4. The molecule has 2 heterocycles. The van der Waals surface area contributed by atoms with Crippen molar-refractivity contribution in [2.45, 2.75) is 6.92 Å². The van der Waals surface area contributed by atoms with Crippen molar-refractivity contribution in [3.05, 3.63) is 48.0 Å². The predicted octanol–water partition coefficient (Wildman–Crippen LogP) is 4.49. The number of anilines is 2. The lowest BCUT2D eigenvalue weighted by atomic mass is 10.3. The summed E-state index contributed by atoms with van der Waals surface area (Å²) in [5.74, 6) is 1.45. The number of thiazole rings is 1. The summed E-state index contributed by atoms with van der Waals surface area (Å²) >= 11 is 1.53. The van der Waals surface area contributed by atoms with Gasteiger partial charge in [0.2, 0.25) is 5.95 Å². The minimum Gasteiger partial charge on any atom is -0.497 e. The van der Waals surface area contributed by atoms with Gasteiger partial charge in [-0.25, -0.2) is 15.0 Å². The molecule has 1 N–H and O–H groups in total. The third kappa shape index (κ3) is 3.61. The fourth-order valence-corrected chi connectivity index (χ4v) is 3.00. The maximum absolute atomic E-state index is 5.17. The zero-order valence-electron chi connectivity index (χ0n) is 14.4. The SMILES string of the molecule is C=CC=Nc1nc(-c2csc(Nc3ccc(OC)cc3)n2)c(C)n1C. The summed E-state index contributed by atoms with van der Waals surface area (Å²) in [6.45, 7) is 5.64. The predicted molar refractivity (Wildman–Crippen MR) is 104 cm³/mol. The minimum absolute atomic E-state index is 0.630. The van der Waals surface area contributed by atoms with Crippen LogP contribution < -0.4 is 10.1 Å². The monoisotopic (exact) mass is 353 g/mol. The Morgan fingerprint density at radius 3 is 2.72 bits per heavy atom. The molecule has 0 aliphatic heterocycles. The number of rotatable bonds is 6. The van der Waals surface area contributed by atoms with Crippen molar-refractivity contribution in [2.75, 3.05) is 12.4 Å². The number of methoxy groups -OCH3 is 1. The molecule has 0 fully saturated rings. The summed E-state index contributed by atoms with van der Waals surface area (Å²) in [4.78, 5) is 13.5. The molecular formula is C18H19N5OS. The van der Waals surface area contributed by atoms with Crippen molar-refractivity contribution >= 4 is 34.3 Å². The van der Waals surface area contributed by atoms with Gasteiger partial charge >= 0.3 is 0 Å². The number of hydrogen-bond acceptors (Lipinski definition) is 6. The molecule has 0 unspecified atom stereocenters. The summed E-state index contributed by atoms with van der Waals surface area (Å²) in [5, 5.41) is 6.09. The normalized spacial score (nSPS) is 11.0. The molecule has 2 aromatic heterocycles. The van der Waals surface area contributed by atoms with Crippen LogP contribution in [0.3, 0.4) is 0 Å². The zero-order valence-corrected chi connectivity index (χ0v) is 15.2. The fraction of sp³-hybridized carbons (Fsp3) is 0.167. The highest BCUT2D eigenvalue weighted by Crippen LogP contribution is 2.30. The quantitative estimate of drug-likeness (QED) is 0.663. The van der Waals surface area contributed by atoms with Gasteiger partial charge in [-0.15, -0.1) is 11.3 Å². The molecule has 1 aromatic carbocycles. The number of imidazole rings is 1. The number of allylic oxidation sites excluding steroid dienone is 1. The van der Waals surface area contributed by atoms with Crippen molar-refractivity contribution in [1.82, 2.24) is 14.5 Å². The van der Waals surface area contributed by atoms with Gasteiger partial charge in [-0.05, 0) is 31.2 Å². The Labute approximate surface area is 150 Å². The van der Waals surface area contributed by atoms with E-state index >= 15 is 0 Å². The number of aliphatic imine (C=N–C) groups is 1. The van der Waals surface area contributed by atoms with Crippen LogP contribution in [0, 0.1) is 6.92 Å². The van der Waals surface area contributed by atoms with E-state index in [0.29, 0.717) is 5.95 Å². The average Bonchev–Trinajstić information content (AvgIpc) is 3.20. The van der Waals surface area contributed by atoms with Crippen LogP contribution >= 0.6 is 11.3 Å². The van der Waals surface area contributed by atoms with E-state index < -0.39 is 0 Å². The van der Waals surface area contributed by atoms with Gasteiger partial charge in [0.25, 0.3) is 0 Å². The van der Waals surface area contributed by atoms with Gasteiger partial charge < -0.3 is 14.6 Å². The summed E-state index contributed by atoms with van der Waals surface area (Å²) in [6.07, 6.45) is 3.26. The van der Waals surface area contributed by atoms with Gasteiger partial charge in [0.05, 0.1) is 7.11 Å². The van der Waals surface area contributed by atoms with Crippen LogP contribution in [0.2, 0.25) is 0 Å². The Hall–Kier alpha value is -2.93. The average molecular weight is 353 g/mol. The Bertz CT molecular complexity index is 908. The molecule has 7 heteroatoms. The van der Waals surface area contributed by atoms with Crippen molar-refractivity contribution in [2.24, 2.45) is 12.0 Å². The Kier molecular flexibility index (Phi) is 4.95. The van der Waals surface area contributed by atoms with Crippen molar-refractivity contribution in [1.29, 1.82) is 0 Å². The summed E-state index contributed by atoms with van der Waals surface area (Å²) in [6, 6.07) is 7.72. The zero-order chi connectivity index (χ0) is 17.8. The molecule has 0 amide bonds. The molecule has 0 aliphatic rings. The highest BCUT2D eigenvalue weighted by Gasteiger charge is 2.15. The Morgan fingerprint density at radius 2 is 2.04 bits per heavy atom. The van der Waals surface area contributed by atoms with Gasteiger partial charge in [-0.2, -0.15) is 0 Å². The second kappa shape index (κ2) is 7.31. The van der Waals surface area contributed by atoms with E-state index in [9.17, 15) is 0 Å². The number of ether oxygens (including phenoxy) is 1. The molecule has 0 spiro atoms. The summed E-state index contributed by atoms with van der Waals surface area (Å²) in [7, 11) is 3.59. The van der Waals surface area contributed by atoms with Crippen LogP contribution in [0.5, 0.6) is 5.75 Å². The lowest BCUT2D eigenvalue weighted by Gasteiger charge is -2.03. The van der Waals surface area contributed by atoms with E-state index in [0.717, 1.165) is 33.7 Å². The molecule has 0 radical (unpaired) electrons. The van der Waals surface area contributed by atoms with Gasteiger partial charge in [0.1, 0.15) is 17.1 Å². The number of aromatic nitrogens is 3. The Balaban J connectivity index is 1.83. The van der Waals surface area contributed by atoms with Crippen LogP contribution in [-0.2, 0) is 7.05 Å². The molecule has 0 aliphatic carbocycles. The molecule has 0 saturated heterocycles. The van der Waals surface area contributed by atoms with Crippen LogP contribution in [0.15, 0.2) is 47.3 Å². The van der Waals surface area contributed by atoms with Crippen LogP contribution in [0.1, 0.15) is 5.69 Å². The molecule has 0 bridgehead atoms. The topological polar surface area (TPSA) is 64.3 Å². The number of nitrogens with one attached hydrogen (secondary N) is 1. The van der Waals surface area contributed by atoms with E-state index in [-0.39, 0.29) is 0 Å². The maximum atomic E-state index is 5.17. The third-order valence-electron chi connectivity index (χ3n) is 3.74. The number of benzene rings is 1. The van der Waals surface area contributed by atoms with Crippen molar-refractivity contribution in [3.8, 4) is 17.1 Å². The fourth-order valence-electron chi connectivity index (χ4n) is 2.28. The first kappa shape index (κ1) is 16.9. The second-order valence-corrected chi connectivity index (χ2v) is 6.17. The molecule has 128 valence electrons. The van der Waals surface area contributed by atoms with E-state index in [1.807, 2.05) is 48.2 Å².